The molecule has 90 valence electrons. The minimum absolute atomic E-state index is 0.571. The molecule has 1 aromatic rings. The SMILES string of the molecule is CCCC(O)(CC)c1ccc(Cl)c(OC)c1. The second-order valence-corrected chi connectivity index (χ2v) is 4.39. The lowest BCUT2D eigenvalue weighted by Crippen LogP contribution is -2.24. The van der Waals surface area contributed by atoms with E-state index in [9.17, 15) is 5.11 Å². The number of benzene rings is 1. The first kappa shape index (κ1) is 13.3. The molecule has 16 heavy (non-hydrogen) atoms. The highest BCUT2D eigenvalue weighted by Gasteiger charge is 2.26. The van der Waals surface area contributed by atoms with Crippen LogP contribution < -0.4 is 4.74 Å². The highest BCUT2D eigenvalue weighted by Crippen LogP contribution is 2.34. The van der Waals surface area contributed by atoms with Gasteiger partial charge in [0.2, 0.25) is 0 Å². The monoisotopic (exact) mass is 242 g/mol. The van der Waals surface area contributed by atoms with Crippen LogP contribution in [0.25, 0.3) is 0 Å². The summed E-state index contributed by atoms with van der Waals surface area (Å²) >= 11 is 5.96. The number of halogens is 1. The lowest BCUT2D eigenvalue weighted by molar-refractivity contribution is 0.0224. The Morgan fingerprint density at radius 2 is 2.06 bits per heavy atom. The van der Waals surface area contributed by atoms with Crippen molar-refractivity contribution >= 4 is 11.6 Å². The van der Waals surface area contributed by atoms with Crippen molar-refractivity contribution < 1.29 is 9.84 Å². The van der Waals surface area contributed by atoms with Gasteiger partial charge < -0.3 is 9.84 Å². The fourth-order valence-electron chi connectivity index (χ4n) is 1.89. The Kier molecular flexibility index (Phi) is 4.63. The van der Waals surface area contributed by atoms with Crippen LogP contribution in [0.15, 0.2) is 18.2 Å². The Bertz CT molecular complexity index is 352. The molecule has 0 fully saturated rings. The van der Waals surface area contributed by atoms with E-state index in [-0.39, 0.29) is 0 Å². The standard InChI is InChI=1S/C13H19ClO2/c1-4-8-13(15,5-2)10-6-7-11(14)12(9-10)16-3/h6-7,9,15H,4-5,8H2,1-3H3. The molecule has 1 rings (SSSR count). The third-order valence-corrected chi connectivity index (χ3v) is 3.25. The summed E-state index contributed by atoms with van der Waals surface area (Å²) in [5.41, 5.74) is 0.102. The fourth-order valence-corrected chi connectivity index (χ4v) is 2.08. The summed E-state index contributed by atoms with van der Waals surface area (Å²) in [6, 6.07) is 5.46. The lowest BCUT2D eigenvalue weighted by Gasteiger charge is -2.27. The van der Waals surface area contributed by atoms with Gasteiger partial charge in [0.1, 0.15) is 5.75 Å². The third-order valence-electron chi connectivity index (χ3n) is 2.94. The summed E-state index contributed by atoms with van der Waals surface area (Å²) < 4.78 is 5.16. The molecule has 0 amide bonds. The largest absolute Gasteiger partial charge is 0.495 e. The van der Waals surface area contributed by atoms with Gasteiger partial charge in [0.25, 0.3) is 0 Å². The molecule has 0 heterocycles. The average Bonchev–Trinajstić information content (AvgIpc) is 2.29. The zero-order valence-electron chi connectivity index (χ0n) is 10.1. The topological polar surface area (TPSA) is 29.5 Å². The number of ether oxygens (including phenoxy) is 1. The smallest absolute Gasteiger partial charge is 0.137 e. The van der Waals surface area contributed by atoms with Crippen LogP contribution in [-0.2, 0) is 5.60 Å². The van der Waals surface area contributed by atoms with E-state index in [1.165, 1.54) is 0 Å². The predicted molar refractivity (Wildman–Crippen MR) is 67.1 cm³/mol. The van der Waals surface area contributed by atoms with E-state index in [0.29, 0.717) is 17.2 Å². The average molecular weight is 243 g/mol. The molecule has 0 radical (unpaired) electrons. The van der Waals surface area contributed by atoms with Crippen molar-refractivity contribution in [3.05, 3.63) is 28.8 Å². The van der Waals surface area contributed by atoms with Crippen LogP contribution >= 0.6 is 11.6 Å². The maximum atomic E-state index is 10.5. The van der Waals surface area contributed by atoms with E-state index in [2.05, 4.69) is 6.92 Å². The van der Waals surface area contributed by atoms with Crippen LogP contribution in [0, 0.1) is 0 Å². The van der Waals surface area contributed by atoms with Crippen LogP contribution in [0.4, 0.5) is 0 Å². The van der Waals surface area contributed by atoms with Gasteiger partial charge in [-0.2, -0.15) is 0 Å². The molecule has 1 unspecified atom stereocenters. The zero-order valence-corrected chi connectivity index (χ0v) is 10.8. The summed E-state index contributed by atoms with van der Waals surface area (Å²) in [5, 5.41) is 11.1. The van der Waals surface area contributed by atoms with Gasteiger partial charge in [-0.1, -0.05) is 37.9 Å². The van der Waals surface area contributed by atoms with Crippen LogP contribution in [0.2, 0.25) is 5.02 Å². The Balaban J connectivity index is 3.10. The molecule has 1 atom stereocenters. The molecule has 1 aromatic carbocycles. The van der Waals surface area contributed by atoms with Gasteiger partial charge >= 0.3 is 0 Å². The Hall–Kier alpha value is -0.730. The Morgan fingerprint density at radius 1 is 1.38 bits per heavy atom. The second-order valence-electron chi connectivity index (χ2n) is 3.98. The third kappa shape index (κ3) is 2.69. The van der Waals surface area contributed by atoms with Crippen molar-refractivity contribution in [2.24, 2.45) is 0 Å². The summed E-state index contributed by atoms with van der Waals surface area (Å²) in [5.74, 6) is 0.613. The minimum atomic E-state index is -0.771. The highest BCUT2D eigenvalue weighted by molar-refractivity contribution is 6.32. The van der Waals surface area contributed by atoms with Gasteiger partial charge in [0.05, 0.1) is 17.7 Å². The van der Waals surface area contributed by atoms with E-state index in [1.807, 2.05) is 19.1 Å². The van der Waals surface area contributed by atoms with Crippen molar-refractivity contribution in [1.82, 2.24) is 0 Å². The summed E-state index contributed by atoms with van der Waals surface area (Å²) in [4.78, 5) is 0. The summed E-state index contributed by atoms with van der Waals surface area (Å²) in [7, 11) is 1.58. The first-order valence-electron chi connectivity index (χ1n) is 5.63. The molecule has 3 heteroatoms. The van der Waals surface area contributed by atoms with E-state index >= 15 is 0 Å². The van der Waals surface area contributed by atoms with Gasteiger partial charge in [-0.3, -0.25) is 0 Å². The normalized spacial score (nSPS) is 14.6. The van der Waals surface area contributed by atoms with Crippen molar-refractivity contribution in [2.75, 3.05) is 7.11 Å². The number of rotatable bonds is 5. The Labute approximate surface area is 102 Å². The van der Waals surface area contributed by atoms with Crippen LogP contribution in [-0.4, -0.2) is 12.2 Å². The molecule has 0 aliphatic carbocycles. The zero-order chi connectivity index (χ0) is 12.2. The van der Waals surface area contributed by atoms with E-state index in [1.54, 1.807) is 13.2 Å². The maximum absolute atomic E-state index is 10.5. The summed E-state index contributed by atoms with van der Waals surface area (Å²) in [6.07, 6.45) is 2.37. The molecule has 0 aliphatic heterocycles. The predicted octanol–water partition coefficient (Wildman–Crippen LogP) is 3.75. The highest BCUT2D eigenvalue weighted by atomic mass is 35.5. The van der Waals surface area contributed by atoms with Gasteiger partial charge in [0, 0.05) is 0 Å². The van der Waals surface area contributed by atoms with Gasteiger partial charge in [-0.25, -0.2) is 0 Å². The minimum Gasteiger partial charge on any atom is -0.495 e. The lowest BCUT2D eigenvalue weighted by atomic mass is 9.87. The quantitative estimate of drug-likeness (QED) is 0.852. The number of hydrogen-bond donors (Lipinski definition) is 1. The van der Waals surface area contributed by atoms with Crippen molar-refractivity contribution in [3.63, 3.8) is 0 Å². The second kappa shape index (κ2) is 5.55. The first-order chi connectivity index (χ1) is 7.57. The Morgan fingerprint density at radius 3 is 2.56 bits per heavy atom. The molecule has 1 N–H and O–H groups in total. The van der Waals surface area contributed by atoms with Crippen molar-refractivity contribution in [3.8, 4) is 5.75 Å². The molecule has 0 bridgehead atoms. The van der Waals surface area contributed by atoms with Crippen LogP contribution in [0.3, 0.4) is 0 Å². The van der Waals surface area contributed by atoms with E-state index < -0.39 is 5.60 Å². The van der Waals surface area contributed by atoms with E-state index in [4.69, 9.17) is 16.3 Å². The molecule has 2 nitrogen and oxygen atoms in total. The molecular formula is C13H19ClO2. The van der Waals surface area contributed by atoms with Gasteiger partial charge in [0.15, 0.2) is 0 Å². The van der Waals surface area contributed by atoms with Crippen LogP contribution in [0.5, 0.6) is 5.75 Å². The molecular weight excluding hydrogens is 224 g/mol. The van der Waals surface area contributed by atoms with Gasteiger partial charge in [-0.15, -0.1) is 0 Å². The summed E-state index contributed by atoms with van der Waals surface area (Å²) in [6.45, 7) is 4.05. The fraction of sp³-hybridized carbons (Fsp3) is 0.538. The number of methoxy groups -OCH3 is 1. The molecule has 0 aromatic heterocycles. The molecule has 0 aliphatic rings. The van der Waals surface area contributed by atoms with Crippen molar-refractivity contribution in [1.29, 1.82) is 0 Å². The first-order valence-corrected chi connectivity index (χ1v) is 6.01. The van der Waals surface area contributed by atoms with Crippen LogP contribution in [0.1, 0.15) is 38.7 Å². The number of hydrogen-bond acceptors (Lipinski definition) is 2. The maximum Gasteiger partial charge on any atom is 0.137 e. The van der Waals surface area contributed by atoms with Crippen molar-refractivity contribution in [2.45, 2.75) is 38.7 Å². The molecule has 0 saturated carbocycles. The number of aliphatic hydroxyl groups is 1. The van der Waals surface area contributed by atoms with E-state index in [0.717, 1.165) is 18.4 Å². The molecule has 0 spiro atoms. The molecule has 0 saturated heterocycles. The van der Waals surface area contributed by atoms with Gasteiger partial charge in [-0.05, 0) is 30.5 Å².